The van der Waals surface area contributed by atoms with Crippen molar-refractivity contribution in [2.24, 2.45) is 0 Å². The summed E-state index contributed by atoms with van der Waals surface area (Å²) in [7, 11) is 0. The predicted molar refractivity (Wildman–Crippen MR) is 208 cm³/mol. The Hall–Kier alpha value is -6.44. The molecule has 1 nitrogen and oxygen atoms in total. The largest absolute Gasteiger partial charge is 0.455 e. The molecule has 228 valence electrons. The van der Waals surface area contributed by atoms with Crippen molar-refractivity contribution in [2.45, 2.75) is 0 Å². The highest BCUT2D eigenvalue weighted by atomic mass is 16.3. The predicted octanol–water partition coefficient (Wildman–Crippen LogP) is 13.7. The molecule has 0 aliphatic rings. The van der Waals surface area contributed by atoms with Crippen molar-refractivity contribution < 1.29 is 27.7 Å². The maximum atomic E-state index is 9.65. The molecule has 0 atom stereocenters. The van der Waals surface area contributed by atoms with Crippen molar-refractivity contribution in [3.8, 4) is 44.5 Å². The van der Waals surface area contributed by atoms with Crippen molar-refractivity contribution in [3.05, 3.63) is 182 Å². The monoisotopic (exact) mass is 639 g/mol. The maximum Gasteiger partial charge on any atom is 0.143 e. The van der Waals surface area contributed by atoms with Crippen molar-refractivity contribution >= 4 is 54.3 Å². The Morgan fingerprint density at radius 2 is 1.06 bits per heavy atom. The zero-order valence-electron chi connectivity index (χ0n) is 42.4. The van der Waals surface area contributed by atoms with Gasteiger partial charge in [0.25, 0.3) is 0 Å². The van der Waals surface area contributed by atoms with Crippen LogP contribution in [0.25, 0.3) is 98.8 Å². The molecule has 0 saturated carbocycles. The SMILES string of the molecule is [2H]c1c([2H])c([2H])c(-c2c([2H])c([2H])c([2H])c(-c3c4c([2H])c([2H])c([2H])c([2H])c4c(-c4cccc5oc6c7ccc(-c8ccccc8)cc7ccc6c45)c4c([2H])c([2H])c([2H])c([2H])c34)c2[2H])c([2H])c1[2H]. The van der Waals surface area contributed by atoms with Crippen LogP contribution >= 0.6 is 0 Å². The molecule has 0 spiro atoms. The lowest BCUT2D eigenvalue weighted by molar-refractivity contribution is 0.673. The highest BCUT2D eigenvalue weighted by Crippen LogP contribution is 2.48. The number of furan rings is 1. The van der Waals surface area contributed by atoms with Crippen molar-refractivity contribution in [1.29, 1.82) is 0 Å². The van der Waals surface area contributed by atoms with Gasteiger partial charge in [0, 0.05) is 16.2 Å². The van der Waals surface area contributed by atoms with Crippen molar-refractivity contribution in [3.63, 3.8) is 0 Å². The van der Waals surface area contributed by atoms with Crippen LogP contribution in [0.15, 0.2) is 186 Å². The molecular formula is C48H30O. The normalized spacial score (nSPS) is 16.5. The van der Waals surface area contributed by atoms with Crippen LogP contribution in [0.1, 0.15) is 23.3 Å². The van der Waals surface area contributed by atoms with Crippen LogP contribution in [0.5, 0.6) is 0 Å². The lowest BCUT2D eigenvalue weighted by Gasteiger charge is -2.18. The molecule has 1 aromatic heterocycles. The molecule has 9 aromatic carbocycles. The van der Waals surface area contributed by atoms with Gasteiger partial charge in [-0.15, -0.1) is 0 Å². The van der Waals surface area contributed by atoms with E-state index >= 15 is 0 Å². The van der Waals surface area contributed by atoms with Gasteiger partial charge >= 0.3 is 0 Å². The van der Waals surface area contributed by atoms with Crippen LogP contribution in [0.3, 0.4) is 0 Å². The van der Waals surface area contributed by atoms with Crippen LogP contribution in [0, 0.1) is 0 Å². The summed E-state index contributed by atoms with van der Waals surface area (Å²) in [5, 5.41) is 1.37. The average Bonchev–Trinajstić information content (AvgIpc) is 3.72. The minimum absolute atomic E-state index is 0.0392. The van der Waals surface area contributed by atoms with Crippen LogP contribution < -0.4 is 0 Å². The van der Waals surface area contributed by atoms with Gasteiger partial charge in [0.2, 0.25) is 0 Å². The molecule has 0 aliphatic heterocycles. The van der Waals surface area contributed by atoms with E-state index < -0.39 is 125 Å². The minimum atomic E-state index is -0.882. The van der Waals surface area contributed by atoms with Gasteiger partial charge in [0.15, 0.2) is 0 Å². The molecule has 0 fully saturated rings. The molecule has 0 radical (unpaired) electrons. The lowest BCUT2D eigenvalue weighted by Crippen LogP contribution is -1.91. The Bertz CT molecular complexity index is 3730. The van der Waals surface area contributed by atoms with E-state index in [-0.39, 0.29) is 32.7 Å². The maximum absolute atomic E-state index is 9.65. The third-order valence-electron chi connectivity index (χ3n) is 8.85. The van der Waals surface area contributed by atoms with Gasteiger partial charge in [-0.25, -0.2) is 0 Å². The molecule has 10 aromatic rings. The van der Waals surface area contributed by atoms with Crippen molar-refractivity contribution in [2.75, 3.05) is 0 Å². The lowest BCUT2D eigenvalue weighted by atomic mass is 9.84. The fourth-order valence-electron chi connectivity index (χ4n) is 6.74. The summed E-state index contributed by atoms with van der Waals surface area (Å²) < 4.78 is 159. The first-order valence-electron chi connectivity index (χ1n) is 24.0. The average molecular weight is 640 g/mol. The fourth-order valence-corrected chi connectivity index (χ4v) is 6.74. The summed E-state index contributed by atoms with van der Waals surface area (Å²) in [5.74, 6) is 0. The van der Waals surface area contributed by atoms with E-state index in [1.54, 1.807) is 18.2 Å². The Morgan fingerprint density at radius 3 is 1.82 bits per heavy atom. The summed E-state index contributed by atoms with van der Waals surface area (Å²) in [6, 6.07) is 11.5. The van der Waals surface area contributed by atoms with E-state index in [0.717, 1.165) is 21.9 Å². The second-order valence-corrected chi connectivity index (χ2v) is 11.5. The molecule has 0 aliphatic carbocycles. The Kier molecular flexibility index (Phi) is 3.54. The van der Waals surface area contributed by atoms with Gasteiger partial charge in [-0.3, -0.25) is 0 Å². The molecule has 0 N–H and O–H groups in total. The molecular weight excluding hydrogens is 593 g/mol. The Balaban J connectivity index is 1.41. The molecule has 1 heteroatoms. The van der Waals surface area contributed by atoms with E-state index in [1.165, 1.54) is 0 Å². The molecule has 1 heterocycles. The first-order valence-corrected chi connectivity index (χ1v) is 15.5. The smallest absolute Gasteiger partial charge is 0.143 e. The molecule has 49 heavy (non-hydrogen) atoms. The molecule has 0 unspecified atom stereocenters. The van der Waals surface area contributed by atoms with E-state index in [4.69, 9.17) is 19.5 Å². The van der Waals surface area contributed by atoms with Crippen LogP contribution in [-0.2, 0) is 0 Å². The first-order chi connectivity index (χ1) is 31.4. The van der Waals surface area contributed by atoms with Crippen LogP contribution in [0.4, 0.5) is 0 Å². The van der Waals surface area contributed by atoms with Gasteiger partial charge in [0.05, 0.1) is 23.3 Å². The Labute approximate surface area is 308 Å². The zero-order valence-corrected chi connectivity index (χ0v) is 25.4. The van der Waals surface area contributed by atoms with Gasteiger partial charge in [-0.1, -0.05) is 151 Å². The summed E-state index contributed by atoms with van der Waals surface area (Å²) in [5.41, 5.74) is 0.664. The van der Waals surface area contributed by atoms with E-state index in [1.807, 2.05) is 60.7 Å². The van der Waals surface area contributed by atoms with Crippen LogP contribution in [-0.4, -0.2) is 0 Å². The zero-order chi connectivity index (χ0) is 47.1. The summed E-state index contributed by atoms with van der Waals surface area (Å²) in [4.78, 5) is 0. The van der Waals surface area contributed by atoms with E-state index in [9.17, 15) is 8.22 Å². The molecule has 0 amide bonds. The summed E-state index contributed by atoms with van der Waals surface area (Å²) >= 11 is 0. The summed E-state index contributed by atoms with van der Waals surface area (Å²) in [6.45, 7) is 0. The van der Waals surface area contributed by atoms with Crippen molar-refractivity contribution in [1.82, 2.24) is 0 Å². The third-order valence-corrected chi connectivity index (χ3v) is 8.85. The summed E-state index contributed by atoms with van der Waals surface area (Å²) in [6.07, 6.45) is 0. The Morgan fingerprint density at radius 1 is 0.408 bits per heavy atom. The van der Waals surface area contributed by atoms with Gasteiger partial charge in [0.1, 0.15) is 11.2 Å². The molecule has 0 bridgehead atoms. The van der Waals surface area contributed by atoms with Gasteiger partial charge in [-0.05, 0) is 102 Å². The molecule has 0 saturated heterocycles. The topological polar surface area (TPSA) is 13.1 Å². The van der Waals surface area contributed by atoms with Gasteiger partial charge in [-0.2, -0.15) is 0 Å². The standard InChI is InChI=1S/C48H30O/c1-3-13-31(14-4-1)33-17-11-18-36(30-33)45-38-19-7-9-21-40(38)46(41-22-10-8-20-39(41)45)42-23-12-24-44-47(42)43-28-26-35-29-34(32-15-5-2-6-16-32)25-27-37(35)48(43)49-44/h1-30H/i1D,3D,4D,7D,8D,9D,10D,11D,13D,14D,17D,18D,19D,20D,21D,22D,30D. The van der Waals surface area contributed by atoms with E-state index in [2.05, 4.69) is 0 Å². The number of benzene rings is 9. The van der Waals surface area contributed by atoms with E-state index in [0.29, 0.717) is 21.9 Å². The quantitative estimate of drug-likeness (QED) is 0.175. The first kappa shape index (κ1) is 15.6. The number of hydrogen-bond donors (Lipinski definition) is 0. The number of hydrogen-bond acceptors (Lipinski definition) is 1. The second kappa shape index (κ2) is 11.1. The minimum Gasteiger partial charge on any atom is -0.455 e. The third kappa shape index (κ3) is 4.40. The highest BCUT2D eigenvalue weighted by Gasteiger charge is 2.21. The van der Waals surface area contributed by atoms with Gasteiger partial charge < -0.3 is 4.42 Å². The highest BCUT2D eigenvalue weighted by molar-refractivity contribution is 6.27. The fraction of sp³-hybridized carbons (Fsp3) is 0. The number of fused-ring (bicyclic) bond motifs is 7. The second-order valence-electron chi connectivity index (χ2n) is 11.5. The number of rotatable bonds is 4. The molecule has 10 rings (SSSR count). The van der Waals surface area contributed by atoms with Crippen LogP contribution in [0.2, 0.25) is 0 Å².